The highest BCUT2D eigenvalue weighted by Crippen LogP contribution is 2.36. The van der Waals surface area contributed by atoms with Crippen LogP contribution in [-0.4, -0.2) is 7.05 Å². The van der Waals surface area contributed by atoms with Crippen LogP contribution >= 0.6 is 59.1 Å². The van der Waals surface area contributed by atoms with Gasteiger partial charge in [-0.25, -0.2) is 0 Å². The van der Waals surface area contributed by atoms with Gasteiger partial charge in [0.2, 0.25) is 0 Å². The molecule has 1 N–H and O–H groups in total. The summed E-state index contributed by atoms with van der Waals surface area (Å²) in [5, 5.41) is 3.38. The molecule has 1 aromatic heterocycles. The molecule has 0 saturated heterocycles. The van der Waals surface area contributed by atoms with Gasteiger partial charge < -0.3 is 5.32 Å². The molecule has 1 unspecified atom stereocenters. The minimum atomic E-state index is 0.316. The maximum absolute atomic E-state index is 3.63. The second kappa shape index (κ2) is 6.66. The standard InChI is InChI=1S/C13H12Br3NS/c1-17-11(10-7-12(15)18-13(10)16)6-8-3-2-4-9(14)5-8/h2-5,7,11,17H,6H2,1H3. The number of halogens is 3. The summed E-state index contributed by atoms with van der Waals surface area (Å²) in [6.45, 7) is 0. The molecule has 96 valence electrons. The SMILES string of the molecule is CNC(Cc1cccc(Br)c1)c1cc(Br)sc1Br. The third-order valence-electron chi connectivity index (χ3n) is 2.74. The van der Waals surface area contributed by atoms with Gasteiger partial charge in [-0.2, -0.15) is 0 Å². The fourth-order valence-electron chi connectivity index (χ4n) is 1.86. The van der Waals surface area contributed by atoms with E-state index >= 15 is 0 Å². The zero-order chi connectivity index (χ0) is 13.1. The molecule has 18 heavy (non-hydrogen) atoms. The highest BCUT2D eigenvalue weighted by atomic mass is 79.9. The normalized spacial score (nSPS) is 12.7. The van der Waals surface area contributed by atoms with Gasteiger partial charge in [-0.15, -0.1) is 11.3 Å². The summed E-state index contributed by atoms with van der Waals surface area (Å²) in [6, 6.07) is 10.9. The predicted octanol–water partition coefficient (Wildman–Crippen LogP) is 5.54. The second-order valence-corrected chi connectivity index (χ2v) is 8.62. The zero-order valence-electron chi connectivity index (χ0n) is 9.71. The zero-order valence-corrected chi connectivity index (χ0v) is 15.3. The largest absolute Gasteiger partial charge is 0.313 e. The van der Waals surface area contributed by atoms with E-state index in [-0.39, 0.29) is 0 Å². The molecular weight excluding hydrogens is 442 g/mol. The number of hydrogen-bond donors (Lipinski definition) is 1. The van der Waals surface area contributed by atoms with Crippen LogP contribution in [0.4, 0.5) is 0 Å². The van der Waals surface area contributed by atoms with Crippen LogP contribution in [-0.2, 0) is 6.42 Å². The Morgan fingerprint density at radius 3 is 2.56 bits per heavy atom. The summed E-state index contributed by atoms with van der Waals surface area (Å²) in [5.41, 5.74) is 2.62. The summed E-state index contributed by atoms with van der Waals surface area (Å²) in [5.74, 6) is 0. The van der Waals surface area contributed by atoms with E-state index in [1.54, 1.807) is 11.3 Å². The predicted molar refractivity (Wildman–Crippen MR) is 89.4 cm³/mol. The van der Waals surface area contributed by atoms with E-state index in [0.29, 0.717) is 6.04 Å². The molecule has 2 aromatic rings. The first-order valence-electron chi connectivity index (χ1n) is 5.46. The Bertz CT molecular complexity index is 539. The Balaban J connectivity index is 2.22. The van der Waals surface area contributed by atoms with Crippen LogP contribution < -0.4 is 5.32 Å². The number of nitrogens with one attached hydrogen (secondary N) is 1. The maximum atomic E-state index is 3.63. The molecule has 0 aliphatic carbocycles. The van der Waals surface area contributed by atoms with Crippen LogP contribution in [0.5, 0.6) is 0 Å². The molecule has 0 amide bonds. The third kappa shape index (κ3) is 3.67. The molecular formula is C13H12Br3NS. The van der Waals surface area contributed by atoms with E-state index in [1.165, 1.54) is 14.9 Å². The lowest BCUT2D eigenvalue weighted by Gasteiger charge is -2.16. The van der Waals surface area contributed by atoms with E-state index in [1.807, 2.05) is 7.05 Å². The molecule has 1 aromatic carbocycles. The van der Waals surface area contributed by atoms with Gasteiger partial charge in [-0.05, 0) is 74.7 Å². The summed E-state index contributed by atoms with van der Waals surface area (Å²) < 4.78 is 3.46. The quantitative estimate of drug-likeness (QED) is 0.641. The van der Waals surface area contributed by atoms with Gasteiger partial charge >= 0.3 is 0 Å². The van der Waals surface area contributed by atoms with Gasteiger partial charge in [-0.1, -0.05) is 28.1 Å². The fourth-order valence-corrected chi connectivity index (χ4v) is 5.28. The topological polar surface area (TPSA) is 12.0 Å². The van der Waals surface area contributed by atoms with Crippen LogP contribution in [0.1, 0.15) is 17.2 Å². The van der Waals surface area contributed by atoms with E-state index in [2.05, 4.69) is 83.4 Å². The molecule has 2 rings (SSSR count). The summed E-state index contributed by atoms with van der Waals surface area (Å²) in [4.78, 5) is 0. The Kier molecular flexibility index (Phi) is 5.45. The molecule has 1 atom stereocenters. The average molecular weight is 454 g/mol. The van der Waals surface area contributed by atoms with Crippen molar-refractivity contribution < 1.29 is 0 Å². The van der Waals surface area contributed by atoms with E-state index in [0.717, 1.165) is 14.7 Å². The Morgan fingerprint density at radius 1 is 1.22 bits per heavy atom. The van der Waals surface area contributed by atoms with Gasteiger partial charge in [0.1, 0.15) is 0 Å². The average Bonchev–Trinajstić information content (AvgIpc) is 2.65. The van der Waals surface area contributed by atoms with Crippen LogP contribution in [0.15, 0.2) is 42.4 Å². The monoisotopic (exact) mass is 451 g/mol. The number of rotatable bonds is 4. The van der Waals surface area contributed by atoms with Crippen LogP contribution in [0.3, 0.4) is 0 Å². The molecule has 0 spiro atoms. The van der Waals surface area contributed by atoms with E-state index < -0.39 is 0 Å². The maximum Gasteiger partial charge on any atom is 0.0758 e. The van der Waals surface area contributed by atoms with Crippen molar-refractivity contribution in [2.75, 3.05) is 7.05 Å². The van der Waals surface area contributed by atoms with Crippen molar-refractivity contribution in [3.8, 4) is 0 Å². The van der Waals surface area contributed by atoms with Gasteiger partial charge in [0, 0.05) is 10.5 Å². The Labute approximate surface area is 136 Å². The van der Waals surface area contributed by atoms with Crippen molar-refractivity contribution in [3.63, 3.8) is 0 Å². The van der Waals surface area contributed by atoms with Gasteiger partial charge in [-0.3, -0.25) is 0 Å². The van der Waals surface area contributed by atoms with E-state index in [4.69, 9.17) is 0 Å². The molecule has 0 radical (unpaired) electrons. The summed E-state index contributed by atoms with van der Waals surface area (Å²) in [6.07, 6.45) is 0.970. The minimum absolute atomic E-state index is 0.316. The number of benzene rings is 1. The van der Waals surface area contributed by atoms with Crippen molar-refractivity contribution in [2.45, 2.75) is 12.5 Å². The van der Waals surface area contributed by atoms with Crippen LogP contribution in [0, 0.1) is 0 Å². The van der Waals surface area contributed by atoms with Crippen LogP contribution in [0.2, 0.25) is 0 Å². The number of likely N-dealkylation sites (N-methyl/N-ethyl adjacent to an activating group) is 1. The highest BCUT2D eigenvalue weighted by molar-refractivity contribution is 9.12. The van der Waals surface area contributed by atoms with Crippen molar-refractivity contribution in [1.29, 1.82) is 0 Å². The molecule has 0 aliphatic rings. The van der Waals surface area contributed by atoms with Crippen molar-refractivity contribution in [1.82, 2.24) is 5.32 Å². The molecule has 0 saturated carbocycles. The molecule has 0 bridgehead atoms. The lowest BCUT2D eigenvalue weighted by Crippen LogP contribution is -2.18. The van der Waals surface area contributed by atoms with Crippen LogP contribution in [0.25, 0.3) is 0 Å². The van der Waals surface area contributed by atoms with Gasteiger partial charge in [0.15, 0.2) is 0 Å². The first kappa shape index (κ1) is 14.7. The summed E-state index contributed by atoms with van der Waals surface area (Å²) >= 11 is 12.4. The summed E-state index contributed by atoms with van der Waals surface area (Å²) in [7, 11) is 2.00. The third-order valence-corrected chi connectivity index (χ3v) is 5.61. The van der Waals surface area contributed by atoms with Crippen molar-refractivity contribution in [2.24, 2.45) is 0 Å². The highest BCUT2D eigenvalue weighted by Gasteiger charge is 2.16. The molecule has 0 aliphatic heterocycles. The van der Waals surface area contributed by atoms with Gasteiger partial charge in [0.25, 0.3) is 0 Å². The van der Waals surface area contributed by atoms with Gasteiger partial charge in [0.05, 0.1) is 7.57 Å². The van der Waals surface area contributed by atoms with E-state index in [9.17, 15) is 0 Å². The first-order chi connectivity index (χ1) is 8.60. The molecule has 5 heteroatoms. The smallest absolute Gasteiger partial charge is 0.0758 e. The lowest BCUT2D eigenvalue weighted by atomic mass is 10.0. The Hall–Kier alpha value is 0.320. The second-order valence-electron chi connectivity index (χ2n) is 3.95. The minimum Gasteiger partial charge on any atom is -0.313 e. The molecule has 0 fully saturated rings. The van der Waals surface area contributed by atoms with Crippen molar-refractivity contribution in [3.05, 3.63) is 53.5 Å². The number of hydrogen-bond acceptors (Lipinski definition) is 2. The molecule has 1 nitrogen and oxygen atoms in total. The first-order valence-corrected chi connectivity index (χ1v) is 8.66. The molecule has 1 heterocycles. The Morgan fingerprint density at radius 2 is 2.00 bits per heavy atom. The van der Waals surface area contributed by atoms with Crippen molar-refractivity contribution >= 4 is 59.1 Å². The lowest BCUT2D eigenvalue weighted by molar-refractivity contribution is 0.592. The fraction of sp³-hybridized carbons (Fsp3) is 0.231. The number of thiophene rings is 1.